The second-order valence-electron chi connectivity index (χ2n) is 6.64. The van der Waals surface area contributed by atoms with Gasteiger partial charge in [0.1, 0.15) is 5.75 Å². The molecule has 0 aliphatic rings. The summed E-state index contributed by atoms with van der Waals surface area (Å²) in [5.41, 5.74) is -2.04. The molecule has 174 valence electrons. The lowest BCUT2D eigenvalue weighted by Crippen LogP contribution is -2.25. The van der Waals surface area contributed by atoms with Crippen LogP contribution >= 0.6 is 11.8 Å². The monoisotopic (exact) mass is 482 g/mol. The fourth-order valence-corrected chi connectivity index (χ4v) is 3.50. The third kappa shape index (κ3) is 5.34. The van der Waals surface area contributed by atoms with Gasteiger partial charge in [0.25, 0.3) is 5.69 Å². The summed E-state index contributed by atoms with van der Waals surface area (Å²) < 4.78 is 46.2. The lowest BCUT2D eigenvalue weighted by molar-refractivity contribution is -0.385. The number of nitrogen functional groups attached to an aromatic ring is 1. The molecule has 0 saturated carbocycles. The largest absolute Gasteiger partial charge is 0.497 e. The average molecular weight is 482 g/mol. The van der Waals surface area contributed by atoms with Crippen LogP contribution in [0.3, 0.4) is 0 Å². The summed E-state index contributed by atoms with van der Waals surface area (Å²) in [5.74, 6) is 6.18. The number of halogens is 3. The molecule has 3 N–H and O–H groups in total. The van der Waals surface area contributed by atoms with Crippen molar-refractivity contribution < 1.29 is 27.6 Å². The van der Waals surface area contributed by atoms with Crippen LogP contribution in [-0.4, -0.2) is 38.1 Å². The molecule has 1 unspecified atom stereocenters. The van der Waals surface area contributed by atoms with Crippen LogP contribution in [0, 0.1) is 10.1 Å². The van der Waals surface area contributed by atoms with Crippen LogP contribution in [0.5, 0.6) is 5.75 Å². The molecule has 1 heterocycles. The average Bonchev–Trinajstić information content (AvgIpc) is 3.13. The number of hydrogen-bond donors (Lipinski definition) is 2. The number of ether oxygens (including phenoxy) is 1. The molecule has 0 aliphatic carbocycles. The van der Waals surface area contributed by atoms with Gasteiger partial charge >= 0.3 is 6.18 Å². The summed E-state index contributed by atoms with van der Waals surface area (Å²) >= 11 is 0.880. The van der Waals surface area contributed by atoms with E-state index in [0.29, 0.717) is 23.2 Å². The highest BCUT2D eigenvalue weighted by Crippen LogP contribution is 2.37. The number of carbonyl (C=O) groups is 1. The van der Waals surface area contributed by atoms with Crippen LogP contribution in [0.2, 0.25) is 0 Å². The second-order valence-corrected chi connectivity index (χ2v) is 7.95. The molecule has 1 amide bonds. The van der Waals surface area contributed by atoms with Crippen LogP contribution < -0.4 is 15.9 Å². The molecule has 0 aliphatic heterocycles. The molecule has 1 aromatic heterocycles. The number of hydrogen-bond acceptors (Lipinski definition) is 8. The van der Waals surface area contributed by atoms with Crippen LogP contribution in [-0.2, 0) is 11.0 Å². The number of nitro groups is 1. The minimum absolute atomic E-state index is 0.156. The number of thioether (sulfide) groups is 1. The maximum atomic E-state index is 13.3. The summed E-state index contributed by atoms with van der Waals surface area (Å²) in [6.07, 6.45) is -4.91. The number of nitrogens with zero attached hydrogens (tertiary/aromatic N) is 4. The van der Waals surface area contributed by atoms with Gasteiger partial charge in [-0.3, -0.25) is 14.9 Å². The number of alkyl halides is 3. The summed E-state index contributed by atoms with van der Waals surface area (Å²) in [4.78, 5) is 22.4. The lowest BCUT2D eigenvalue weighted by Gasteiger charge is -2.16. The van der Waals surface area contributed by atoms with Crippen molar-refractivity contribution in [2.75, 3.05) is 18.3 Å². The zero-order valence-electron chi connectivity index (χ0n) is 17.2. The minimum Gasteiger partial charge on any atom is -0.497 e. The Hall–Kier alpha value is -3.81. The van der Waals surface area contributed by atoms with E-state index in [1.165, 1.54) is 14.0 Å². The molecular weight excluding hydrogens is 465 g/mol. The third-order valence-corrected chi connectivity index (χ3v) is 5.50. The normalized spacial score (nSPS) is 12.3. The molecule has 0 fully saturated rings. The number of non-ortho nitro benzene ring substituents is 1. The molecule has 1 atom stereocenters. The maximum absolute atomic E-state index is 13.3. The van der Waals surface area contributed by atoms with Crippen molar-refractivity contribution >= 4 is 29.0 Å². The highest BCUT2D eigenvalue weighted by molar-refractivity contribution is 8.00. The molecule has 0 spiro atoms. The van der Waals surface area contributed by atoms with Gasteiger partial charge < -0.3 is 15.9 Å². The van der Waals surface area contributed by atoms with Crippen molar-refractivity contribution in [3.63, 3.8) is 0 Å². The number of benzene rings is 2. The quantitative estimate of drug-likeness (QED) is 0.225. The smallest absolute Gasteiger partial charge is 0.418 e. The highest BCUT2D eigenvalue weighted by atomic mass is 32.2. The van der Waals surface area contributed by atoms with Gasteiger partial charge in [0.05, 0.1) is 28.5 Å². The van der Waals surface area contributed by atoms with E-state index in [1.807, 2.05) is 0 Å². The summed E-state index contributed by atoms with van der Waals surface area (Å²) in [6, 6.07) is 8.91. The standard InChI is InChI=1S/C19H17F3N6O4S/c1-10(17(29)24-15-8-5-12(28(30)31)9-14(15)19(20,21)22)33-18-26-25-16(27(18)23)11-3-6-13(32-2)7-4-11/h3-10H,23H2,1-2H3,(H,24,29). The number of amides is 1. The predicted molar refractivity (Wildman–Crippen MR) is 114 cm³/mol. The molecule has 2 aromatic carbocycles. The number of rotatable bonds is 7. The molecule has 0 saturated heterocycles. The molecule has 14 heteroatoms. The first kappa shape index (κ1) is 23.8. The Morgan fingerprint density at radius 2 is 1.91 bits per heavy atom. The van der Waals surface area contributed by atoms with Crippen molar-refractivity contribution in [1.82, 2.24) is 14.9 Å². The molecule has 10 nitrogen and oxygen atoms in total. The predicted octanol–water partition coefficient (Wildman–Crippen LogP) is 3.71. The van der Waals surface area contributed by atoms with Crippen molar-refractivity contribution in [2.45, 2.75) is 23.5 Å². The number of nitrogens with one attached hydrogen (secondary N) is 1. The Balaban J connectivity index is 1.77. The summed E-state index contributed by atoms with van der Waals surface area (Å²) in [7, 11) is 1.52. The fourth-order valence-electron chi connectivity index (χ4n) is 2.73. The molecule has 0 radical (unpaired) electrons. The van der Waals surface area contributed by atoms with Gasteiger partial charge in [-0.1, -0.05) is 11.8 Å². The third-order valence-electron chi connectivity index (χ3n) is 4.44. The van der Waals surface area contributed by atoms with E-state index in [9.17, 15) is 28.1 Å². The number of nitrogens with two attached hydrogens (primary N) is 1. The minimum atomic E-state index is -4.91. The number of nitro benzene ring substituents is 1. The Labute approximate surface area is 189 Å². The Morgan fingerprint density at radius 3 is 2.48 bits per heavy atom. The van der Waals surface area contributed by atoms with Crippen LogP contribution in [0.1, 0.15) is 12.5 Å². The Kier molecular flexibility index (Phi) is 6.76. The summed E-state index contributed by atoms with van der Waals surface area (Å²) in [5, 5.41) is 20.1. The molecule has 0 bridgehead atoms. The maximum Gasteiger partial charge on any atom is 0.418 e. The SMILES string of the molecule is COc1ccc(-c2nnc(SC(C)C(=O)Nc3ccc([N+](=O)[O-])cc3C(F)(F)F)n2N)cc1. The number of aromatic nitrogens is 3. The van der Waals surface area contributed by atoms with Crippen LogP contribution in [0.25, 0.3) is 11.4 Å². The Bertz CT molecular complexity index is 1180. The van der Waals surface area contributed by atoms with Gasteiger partial charge in [-0.25, -0.2) is 4.68 Å². The zero-order chi connectivity index (χ0) is 24.3. The van der Waals surface area contributed by atoms with Crippen molar-refractivity contribution in [2.24, 2.45) is 0 Å². The van der Waals surface area contributed by atoms with Gasteiger partial charge in [-0.2, -0.15) is 13.2 Å². The van der Waals surface area contributed by atoms with Gasteiger partial charge in [-0.05, 0) is 37.3 Å². The van der Waals surface area contributed by atoms with E-state index in [4.69, 9.17) is 10.6 Å². The Morgan fingerprint density at radius 1 is 1.24 bits per heavy atom. The van der Waals surface area contributed by atoms with Gasteiger partial charge in [0.15, 0.2) is 5.82 Å². The van der Waals surface area contributed by atoms with E-state index in [-0.39, 0.29) is 5.16 Å². The van der Waals surface area contributed by atoms with Gasteiger partial charge in [0, 0.05) is 17.7 Å². The zero-order valence-corrected chi connectivity index (χ0v) is 18.0. The molecule has 3 rings (SSSR count). The number of methoxy groups -OCH3 is 1. The van der Waals surface area contributed by atoms with E-state index >= 15 is 0 Å². The molecule has 33 heavy (non-hydrogen) atoms. The molecular formula is C19H17F3N6O4S. The van der Waals surface area contributed by atoms with Crippen molar-refractivity contribution in [1.29, 1.82) is 0 Å². The first-order chi connectivity index (χ1) is 15.5. The van der Waals surface area contributed by atoms with Crippen LogP contribution in [0.15, 0.2) is 47.6 Å². The highest BCUT2D eigenvalue weighted by Gasteiger charge is 2.36. The van der Waals surface area contributed by atoms with E-state index in [1.54, 1.807) is 24.3 Å². The van der Waals surface area contributed by atoms with Crippen molar-refractivity contribution in [3.8, 4) is 17.1 Å². The van der Waals surface area contributed by atoms with E-state index < -0.39 is 39.2 Å². The topological polar surface area (TPSA) is 138 Å². The fraction of sp³-hybridized carbons (Fsp3) is 0.211. The van der Waals surface area contributed by atoms with Gasteiger partial charge in [-0.15, -0.1) is 10.2 Å². The molecule has 3 aromatic rings. The number of anilines is 1. The summed E-state index contributed by atoms with van der Waals surface area (Å²) in [6.45, 7) is 1.44. The van der Waals surface area contributed by atoms with E-state index in [2.05, 4.69) is 15.5 Å². The van der Waals surface area contributed by atoms with E-state index in [0.717, 1.165) is 28.6 Å². The first-order valence-electron chi connectivity index (χ1n) is 9.19. The second kappa shape index (κ2) is 9.36. The number of carbonyl (C=O) groups excluding carboxylic acids is 1. The van der Waals surface area contributed by atoms with Gasteiger partial charge in [0.2, 0.25) is 11.1 Å². The van der Waals surface area contributed by atoms with Crippen molar-refractivity contribution in [3.05, 3.63) is 58.1 Å². The first-order valence-corrected chi connectivity index (χ1v) is 10.1. The lowest BCUT2D eigenvalue weighted by atomic mass is 10.1. The van der Waals surface area contributed by atoms with Crippen LogP contribution in [0.4, 0.5) is 24.5 Å².